The minimum atomic E-state index is 0.244. The van der Waals surface area contributed by atoms with E-state index < -0.39 is 0 Å². The summed E-state index contributed by atoms with van der Waals surface area (Å²) in [6.45, 7) is 2.01. The molecule has 1 fully saturated rings. The third-order valence-corrected chi connectivity index (χ3v) is 3.63. The molecule has 1 atom stereocenters. The monoisotopic (exact) mass is 235 g/mol. The molecule has 1 aliphatic heterocycles. The maximum Gasteiger partial charge on any atom is 0.235 e. The topological polar surface area (TPSA) is 47.0 Å². The maximum absolute atomic E-state index is 5.92. The van der Waals surface area contributed by atoms with Crippen LogP contribution < -0.4 is 10.1 Å². The van der Waals surface area contributed by atoms with E-state index in [1.807, 2.05) is 11.4 Å². The molecule has 2 aromatic heterocycles. The Labute approximate surface area is 97.7 Å². The molecule has 84 valence electrons. The van der Waals surface area contributed by atoms with E-state index in [1.54, 1.807) is 17.7 Å². The van der Waals surface area contributed by atoms with Crippen LogP contribution in [-0.2, 0) is 0 Å². The molecule has 0 bridgehead atoms. The Morgan fingerprint density at radius 1 is 1.44 bits per heavy atom. The Bertz CT molecular complexity index is 479. The number of hydrogen-bond donors (Lipinski definition) is 1. The molecule has 0 aromatic carbocycles. The first-order valence-electron chi connectivity index (χ1n) is 5.49. The number of fused-ring (bicyclic) bond motifs is 1. The van der Waals surface area contributed by atoms with Crippen molar-refractivity contribution in [2.75, 3.05) is 13.1 Å². The summed E-state index contributed by atoms with van der Waals surface area (Å²) < 4.78 is 6.97. The van der Waals surface area contributed by atoms with Crippen LogP contribution >= 0.6 is 11.3 Å². The number of aromatic nitrogens is 2. The smallest absolute Gasteiger partial charge is 0.235 e. The summed E-state index contributed by atoms with van der Waals surface area (Å²) in [5.41, 5.74) is 0.971. The molecule has 4 nitrogen and oxygen atoms in total. The van der Waals surface area contributed by atoms with Crippen molar-refractivity contribution in [1.29, 1.82) is 0 Å². The number of piperidine rings is 1. The Morgan fingerprint density at radius 2 is 2.44 bits per heavy atom. The Hall–Kier alpha value is -1.20. The fraction of sp³-hybridized carbons (Fsp3) is 0.455. The third-order valence-electron chi connectivity index (χ3n) is 2.74. The van der Waals surface area contributed by atoms with Gasteiger partial charge in [-0.2, -0.15) is 0 Å². The minimum absolute atomic E-state index is 0.244. The summed E-state index contributed by atoms with van der Waals surface area (Å²) in [6, 6.07) is 1.99. The van der Waals surface area contributed by atoms with Gasteiger partial charge in [-0.1, -0.05) is 0 Å². The van der Waals surface area contributed by atoms with Crippen molar-refractivity contribution in [3.8, 4) is 5.88 Å². The SMILES string of the molecule is c1nc(OC2CCCNC2)c2sccc2n1. The van der Waals surface area contributed by atoms with Crippen LogP contribution in [0.1, 0.15) is 12.8 Å². The lowest BCUT2D eigenvalue weighted by atomic mass is 10.1. The summed E-state index contributed by atoms with van der Waals surface area (Å²) in [5, 5.41) is 5.35. The number of ether oxygens (including phenoxy) is 1. The molecule has 1 unspecified atom stereocenters. The van der Waals surface area contributed by atoms with Crippen LogP contribution in [0.15, 0.2) is 17.8 Å². The van der Waals surface area contributed by atoms with Gasteiger partial charge in [0.15, 0.2) is 0 Å². The average molecular weight is 235 g/mol. The predicted molar refractivity (Wildman–Crippen MR) is 63.9 cm³/mol. The van der Waals surface area contributed by atoms with Crippen molar-refractivity contribution in [1.82, 2.24) is 15.3 Å². The summed E-state index contributed by atoms with van der Waals surface area (Å²) in [5.74, 6) is 0.730. The second-order valence-electron chi connectivity index (χ2n) is 3.90. The highest BCUT2D eigenvalue weighted by molar-refractivity contribution is 7.17. The number of nitrogens with one attached hydrogen (secondary N) is 1. The van der Waals surface area contributed by atoms with E-state index in [2.05, 4.69) is 15.3 Å². The zero-order valence-electron chi connectivity index (χ0n) is 8.85. The quantitative estimate of drug-likeness (QED) is 0.862. The molecule has 3 heterocycles. The summed E-state index contributed by atoms with van der Waals surface area (Å²) in [4.78, 5) is 8.42. The molecule has 0 saturated carbocycles. The van der Waals surface area contributed by atoms with Gasteiger partial charge in [-0.05, 0) is 30.8 Å². The van der Waals surface area contributed by atoms with Gasteiger partial charge in [0.2, 0.25) is 5.88 Å². The normalized spacial score (nSPS) is 21.1. The zero-order chi connectivity index (χ0) is 10.8. The average Bonchev–Trinajstić information content (AvgIpc) is 2.80. The molecule has 5 heteroatoms. The highest BCUT2D eigenvalue weighted by Gasteiger charge is 2.16. The fourth-order valence-electron chi connectivity index (χ4n) is 1.93. The van der Waals surface area contributed by atoms with Gasteiger partial charge in [0, 0.05) is 6.54 Å². The molecule has 16 heavy (non-hydrogen) atoms. The van der Waals surface area contributed by atoms with E-state index >= 15 is 0 Å². The summed E-state index contributed by atoms with van der Waals surface area (Å²) in [6.07, 6.45) is 4.09. The van der Waals surface area contributed by atoms with Crippen molar-refractivity contribution in [3.05, 3.63) is 17.8 Å². The van der Waals surface area contributed by atoms with E-state index in [0.29, 0.717) is 0 Å². The van der Waals surface area contributed by atoms with Gasteiger partial charge >= 0.3 is 0 Å². The van der Waals surface area contributed by atoms with E-state index in [1.165, 1.54) is 6.42 Å². The molecule has 1 saturated heterocycles. The molecular weight excluding hydrogens is 222 g/mol. The first-order chi connectivity index (χ1) is 7.93. The van der Waals surface area contributed by atoms with Gasteiger partial charge in [0.25, 0.3) is 0 Å². The van der Waals surface area contributed by atoms with Crippen LogP contribution in [0.4, 0.5) is 0 Å². The number of hydrogen-bond acceptors (Lipinski definition) is 5. The van der Waals surface area contributed by atoms with E-state index in [4.69, 9.17) is 4.74 Å². The molecule has 0 aliphatic carbocycles. The van der Waals surface area contributed by atoms with Gasteiger partial charge < -0.3 is 10.1 Å². The van der Waals surface area contributed by atoms with E-state index in [-0.39, 0.29) is 6.10 Å². The van der Waals surface area contributed by atoms with Gasteiger partial charge in [-0.3, -0.25) is 0 Å². The highest BCUT2D eigenvalue weighted by atomic mass is 32.1. The van der Waals surface area contributed by atoms with Crippen LogP contribution in [0.5, 0.6) is 5.88 Å². The maximum atomic E-state index is 5.92. The third kappa shape index (κ3) is 1.88. The second kappa shape index (κ2) is 4.35. The van der Waals surface area contributed by atoms with Crippen molar-refractivity contribution in [2.24, 2.45) is 0 Å². The Morgan fingerprint density at radius 3 is 3.31 bits per heavy atom. The van der Waals surface area contributed by atoms with Crippen LogP contribution in [-0.4, -0.2) is 29.2 Å². The number of thiophene rings is 1. The standard InChI is InChI=1S/C11H13N3OS/c1-2-8(6-12-4-1)15-11-10-9(3-5-16-10)13-7-14-11/h3,5,7-8,12H,1-2,4,6H2. The van der Waals surface area contributed by atoms with Gasteiger partial charge in [-0.15, -0.1) is 11.3 Å². The largest absolute Gasteiger partial charge is 0.472 e. The summed E-state index contributed by atoms with van der Waals surface area (Å²) in [7, 11) is 0. The number of rotatable bonds is 2. The molecule has 0 spiro atoms. The van der Waals surface area contributed by atoms with Crippen LogP contribution in [0, 0.1) is 0 Å². The lowest BCUT2D eigenvalue weighted by Crippen LogP contribution is -2.37. The molecule has 1 aliphatic rings. The van der Waals surface area contributed by atoms with Crippen LogP contribution in [0.25, 0.3) is 10.2 Å². The van der Waals surface area contributed by atoms with Crippen molar-refractivity contribution < 1.29 is 4.74 Å². The van der Waals surface area contributed by atoms with Crippen molar-refractivity contribution in [2.45, 2.75) is 18.9 Å². The van der Waals surface area contributed by atoms with Gasteiger partial charge in [0.05, 0.1) is 5.52 Å². The van der Waals surface area contributed by atoms with E-state index in [0.717, 1.165) is 35.6 Å². The van der Waals surface area contributed by atoms with Gasteiger partial charge in [-0.25, -0.2) is 9.97 Å². The Kier molecular flexibility index (Phi) is 2.71. The molecule has 0 radical (unpaired) electrons. The lowest BCUT2D eigenvalue weighted by Gasteiger charge is -2.23. The van der Waals surface area contributed by atoms with Crippen molar-refractivity contribution >= 4 is 21.6 Å². The fourth-order valence-corrected chi connectivity index (χ4v) is 2.70. The molecule has 3 rings (SSSR count). The predicted octanol–water partition coefficient (Wildman–Crippen LogP) is 1.82. The Balaban J connectivity index is 1.85. The van der Waals surface area contributed by atoms with E-state index in [9.17, 15) is 0 Å². The molecule has 0 amide bonds. The minimum Gasteiger partial charge on any atom is -0.472 e. The second-order valence-corrected chi connectivity index (χ2v) is 4.82. The first-order valence-corrected chi connectivity index (χ1v) is 6.37. The summed E-state index contributed by atoms with van der Waals surface area (Å²) >= 11 is 1.63. The lowest BCUT2D eigenvalue weighted by molar-refractivity contribution is 0.163. The molecular formula is C11H13N3OS. The highest BCUT2D eigenvalue weighted by Crippen LogP contribution is 2.27. The molecule has 1 N–H and O–H groups in total. The zero-order valence-corrected chi connectivity index (χ0v) is 9.67. The van der Waals surface area contributed by atoms with Crippen LogP contribution in [0.2, 0.25) is 0 Å². The van der Waals surface area contributed by atoms with Gasteiger partial charge in [0.1, 0.15) is 17.1 Å². The first kappa shape index (κ1) is 9.99. The van der Waals surface area contributed by atoms with Crippen molar-refractivity contribution in [3.63, 3.8) is 0 Å². The van der Waals surface area contributed by atoms with Crippen LogP contribution in [0.3, 0.4) is 0 Å². The molecule has 2 aromatic rings. The number of nitrogens with zero attached hydrogens (tertiary/aromatic N) is 2.